The van der Waals surface area contributed by atoms with E-state index in [2.05, 4.69) is 41.2 Å². The molecule has 1 aliphatic heterocycles. The Morgan fingerprint density at radius 3 is 2.35 bits per heavy atom. The lowest BCUT2D eigenvalue weighted by molar-refractivity contribution is -0.130. The van der Waals surface area contributed by atoms with E-state index in [0.717, 1.165) is 11.3 Å². The van der Waals surface area contributed by atoms with Crippen molar-refractivity contribution in [1.29, 1.82) is 0 Å². The zero-order valence-electron chi connectivity index (χ0n) is 19.8. The summed E-state index contributed by atoms with van der Waals surface area (Å²) < 4.78 is 1.57. The molecule has 3 heterocycles. The van der Waals surface area contributed by atoms with Crippen LogP contribution in [0, 0.1) is 5.92 Å². The molecular formula is C26H30N6O2. The smallest absolute Gasteiger partial charge is 0.252 e. The van der Waals surface area contributed by atoms with E-state index < -0.39 is 0 Å². The van der Waals surface area contributed by atoms with Crippen LogP contribution in [0.2, 0.25) is 0 Å². The van der Waals surface area contributed by atoms with Crippen LogP contribution in [0.5, 0.6) is 0 Å². The summed E-state index contributed by atoms with van der Waals surface area (Å²) in [6, 6.07) is 13.3. The van der Waals surface area contributed by atoms with Gasteiger partial charge in [0.05, 0.1) is 5.69 Å². The maximum Gasteiger partial charge on any atom is 0.252 e. The Hall–Kier alpha value is -3.81. The van der Waals surface area contributed by atoms with Gasteiger partial charge in [0.15, 0.2) is 0 Å². The summed E-state index contributed by atoms with van der Waals surface area (Å²) >= 11 is 0. The molecule has 0 aliphatic carbocycles. The van der Waals surface area contributed by atoms with Crippen LogP contribution in [-0.2, 0) is 15.0 Å². The molecule has 4 rings (SSSR count). The second-order valence-corrected chi connectivity index (χ2v) is 9.46. The number of hydrogen-bond donors (Lipinski definition) is 1. The van der Waals surface area contributed by atoms with Gasteiger partial charge in [0.2, 0.25) is 11.8 Å². The van der Waals surface area contributed by atoms with E-state index >= 15 is 0 Å². The van der Waals surface area contributed by atoms with E-state index in [4.69, 9.17) is 0 Å². The first kappa shape index (κ1) is 23.4. The van der Waals surface area contributed by atoms with E-state index in [-0.39, 0.29) is 23.1 Å². The van der Waals surface area contributed by atoms with Crippen molar-refractivity contribution in [2.24, 2.45) is 5.92 Å². The van der Waals surface area contributed by atoms with Crippen LogP contribution in [-0.4, -0.2) is 49.6 Å². The Labute approximate surface area is 199 Å². The van der Waals surface area contributed by atoms with Gasteiger partial charge >= 0.3 is 0 Å². The number of piperidine rings is 1. The quantitative estimate of drug-likeness (QED) is 0.586. The molecule has 1 N–H and O–H groups in total. The maximum atomic E-state index is 13.1. The minimum atomic E-state index is -0.196. The maximum absolute atomic E-state index is 13.1. The number of rotatable bonds is 5. The van der Waals surface area contributed by atoms with Crippen LogP contribution >= 0.6 is 0 Å². The number of anilines is 1. The number of nitrogens with zero attached hydrogens (tertiary/aromatic N) is 5. The lowest BCUT2D eigenvalue weighted by Crippen LogP contribution is -2.40. The van der Waals surface area contributed by atoms with Gasteiger partial charge in [0.1, 0.15) is 5.82 Å². The Morgan fingerprint density at radius 1 is 1.03 bits per heavy atom. The van der Waals surface area contributed by atoms with Crippen molar-refractivity contribution in [3.8, 4) is 5.95 Å². The molecule has 0 unspecified atom stereocenters. The van der Waals surface area contributed by atoms with E-state index in [1.165, 1.54) is 0 Å². The van der Waals surface area contributed by atoms with Crippen LogP contribution in [0.3, 0.4) is 0 Å². The molecule has 1 aliphatic rings. The molecule has 8 heteroatoms. The minimum absolute atomic E-state index is 0.0307. The fourth-order valence-electron chi connectivity index (χ4n) is 3.82. The molecule has 2 amide bonds. The molecule has 0 atom stereocenters. The minimum Gasteiger partial charge on any atom is -0.339 e. The van der Waals surface area contributed by atoms with Gasteiger partial charge in [-0.2, -0.15) is 9.78 Å². The number of hydrogen-bond acceptors (Lipinski definition) is 5. The zero-order valence-corrected chi connectivity index (χ0v) is 19.8. The lowest BCUT2D eigenvalue weighted by atomic mass is 9.92. The molecule has 3 aromatic rings. The standard InChI is InChI=1S/C26H30N6O2/c1-26(2,3)21-18-22(32(30-21)25-27-14-7-15-28-25)29-24(34)20-12-16-31(17-13-20)23(33)11-10-19-8-5-4-6-9-19/h4-11,14-15,18,20H,12-13,16-17H2,1-3H3,(H,29,34)/b11-10+. The van der Waals surface area contributed by atoms with Crippen molar-refractivity contribution in [2.45, 2.75) is 39.0 Å². The van der Waals surface area contributed by atoms with Gasteiger partial charge < -0.3 is 10.2 Å². The van der Waals surface area contributed by atoms with Gasteiger partial charge in [0.25, 0.3) is 5.95 Å². The molecule has 0 radical (unpaired) electrons. The van der Waals surface area contributed by atoms with Gasteiger partial charge in [-0.25, -0.2) is 9.97 Å². The third-order valence-corrected chi connectivity index (χ3v) is 5.87. The van der Waals surface area contributed by atoms with Crippen molar-refractivity contribution in [3.63, 3.8) is 0 Å². The Kier molecular flexibility index (Phi) is 6.86. The fraction of sp³-hybridized carbons (Fsp3) is 0.346. The highest BCUT2D eigenvalue weighted by Gasteiger charge is 2.28. The molecular weight excluding hydrogens is 428 g/mol. The Morgan fingerprint density at radius 2 is 1.71 bits per heavy atom. The molecule has 0 bridgehead atoms. The lowest BCUT2D eigenvalue weighted by Gasteiger charge is -2.30. The van der Waals surface area contributed by atoms with Gasteiger partial charge in [-0.3, -0.25) is 9.59 Å². The molecule has 1 fully saturated rings. The normalized spacial score (nSPS) is 15.0. The molecule has 1 saturated heterocycles. The average Bonchev–Trinajstić information content (AvgIpc) is 3.28. The summed E-state index contributed by atoms with van der Waals surface area (Å²) in [5.41, 5.74) is 1.62. The Bertz CT molecular complexity index is 1160. The highest BCUT2D eigenvalue weighted by molar-refractivity contribution is 5.93. The third kappa shape index (κ3) is 5.57. The topological polar surface area (TPSA) is 93.0 Å². The number of amides is 2. The van der Waals surface area contributed by atoms with Crippen LogP contribution < -0.4 is 5.32 Å². The second kappa shape index (κ2) is 9.99. The first-order chi connectivity index (χ1) is 16.3. The molecule has 2 aromatic heterocycles. The molecule has 1 aromatic carbocycles. The van der Waals surface area contributed by atoms with E-state index in [9.17, 15) is 9.59 Å². The first-order valence-corrected chi connectivity index (χ1v) is 11.5. The first-order valence-electron chi connectivity index (χ1n) is 11.5. The van der Waals surface area contributed by atoms with Crippen LogP contribution in [0.25, 0.3) is 12.0 Å². The summed E-state index contributed by atoms with van der Waals surface area (Å²) in [6.07, 6.45) is 7.93. The highest BCUT2D eigenvalue weighted by atomic mass is 16.2. The van der Waals surface area contributed by atoms with Crippen molar-refractivity contribution in [2.75, 3.05) is 18.4 Å². The highest BCUT2D eigenvalue weighted by Crippen LogP contribution is 2.26. The summed E-state index contributed by atoms with van der Waals surface area (Å²) in [4.78, 5) is 36.0. The number of nitrogens with one attached hydrogen (secondary N) is 1. The zero-order chi connectivity index (χ0) is 24.1. The predicted molar refractivity (Wildman–Crippen MR) is 131 cm³/mol. The largest absolute Gasteiger partial charge is 0.339 e. The molecule has 8 nitrogen and oxygen atoms in total. The van der Waals surface area contributed by atoms with Crippen molar-refractivity contribution < 1.29 is 9.59 Å². The van der Waals surface area contributed by atoms with E-state index in [0.29, 0.717) is 37.7 Å². The number of carbonyl (C=O) groups excluding carboxylic acids is 2. The van der Waals surface area contributed by atoms with E-state index in [1.54, 1.807) is 34.1 Å². The monoisotopic (exact) mass is 458 g/mol. The molecule has 176 valence electrons. The van der Waals surface area contributed by atoms with Gasteiger partial charge in [0, 0.05) is 49.0 Å². The van der Waals surface area contributed by atoms with Crippen molar-refractivity contribution >= 4 is 23.7 Å². The third-order valence-electron chi connectivity index (χ3n) is 5.87. The summed E-state index contributed by atoms with van der Waals surface area (Å²) in [5.74, 6) is 0.658. The molecule has 0 spiro atoms. The summed E-state index contributed by atoms with van der Waals surface area (Å²) in [6.45, 7) is 7.29. The SMILES string of the molecule is CC(C)(C)c1cc(NC(=O)C2CCN(C(=O)/C=C/c3ccccc3)CC2)n(-c2ncccn2)n1. The number of aromatic nitrogens is 4. The molecule has 34 heavy (non-hydrogen) atoms. The van der Waals surface area contributed by atoms with Gasteiger partial charge in [-0.15, -0.1) is 0 Å². The van der Waals surface area contributed by atoms with E-state index in [1.807, 2.05) is 42.5 Å². The van der Waals surface area contributed by atoms with Crippen LogP contribution in [0.15, 0.2) is 60.9 Å². The second-order valence-electron chi connectivity index (χ2n) is 9.46. The predicted octanol–water partition coefficient (Wildman–Crippen LogP) is 3.85. The fourth-order valence-corrected chi connectivity index (χ4v) is 3.82. The summed E-state index contributed by atoms with van der Waals surface area (Å²) in [7, 11) is 0. The van der Waals surface area contributed by atoms with Crippen LogP contribution in [0.4, 0.5) is 5.82 Å². The Balaban J connectivity index is 1.40. The average molecular weight is 459 g/mol. The number of benzene rings is 1. The number of carbonyl (C=O) groups is 2. The van der Waals surface area contributed by atoms with Crippen molar-refractivity contribution in [3.05, 3.63) is 72.2 Å². The van der Waals surface area contributed by atoms with Crippen LogP contribution in [0.1, 0.15) is 44.9 Å². The van der Waals surface area contributed by atoms with Crippen molar-refractivity contribution in [1.82, 2.24) is 24.6 Å². The van der Waals surface area contributed by atoms with Gasteiger partial charge in [-0.05, 0) is 30.5 Å². The molecule has 0 saturated carbocycles. The summed E-state index contributed by atoms with van der Waals surface area (Å²) in [5, 5.41) is 7.67. The number of likely N-dealkylation sites (tertiary alicyclic amines) is 1. The van der Waals surface area contributed by atoms with Gasteiger partial charge in [-0.1, -0.05) is 51.1 Å².